The molecule has 0 unspecified atom stereocenters. The summed E-state index contributed by atoms with van der Waals surface area (Å²) >= 11 is 6.19. The molecule has 0 radical (unpaired) electrons. The average molecular weight is 624 g/mol. The van der Waals surface area contributed by atoms with E-state index in [1.165, 1.54) is 18.5 Å². The smallest absolute Gasteiger partial charge is 0.387 e. The standard InChI is InChI=1S/C30H28ClF2N7O4/c31-17-8-9-25(43-11-10-41)21(12-17)29(42)37-18-4-3-5-19(13-18)40-24-14-22(27-35-16-36-39-27)34-15-23(24)38-28(40)20-6-1-2-7-26(20)44-30(32)33/h1-2,6-9,12,14-16,18-19,30,41H,3-5,10-11,13H2,(H,37,42)(H,35,36,39)/t18-,19+/m0/s1. The third-order valence-corrected chi connectivity index (χ3v) is 7.69. The van der Waals surface area contributed by atoms with Crippen molar-refractivity contribution in [3.05, 3.63) is 71.6 Å². The normalized spacial score (nSPS) is 16.8. The van der Waals surface area contributed by atoms with Gasteiger partial charge in [-0.1, -0.05) is 23.7 Å². The number of aliphatic hydroxyl groups excluding tert-OH is 1. The van der Waals surface area contributed by atoms with Crippen LogP contribution in [0.2, 0.25) is 5.02 Å². The summed E-state index contributed by atoms with van der Waals surface area (Å²) in [5, 5.41) is 19.4. The van der Waals surface area contributed by atoms with Crippen LogP contribution in [-0.2, 0) is 0 Å². The molecule has 0 aliphatic heterocycles. The van der Waals surface area contributed by atoms with Gasteiger partial charge >= 0.3 is 6.61 Å². The molecule has 44 heavy (non-hydrogen) atoms. The molecule has 3 aromatic heterocycles. The zero-order valence-electron chi connectivity index (χ0n) is 23.3. The number of halogens is 3. The Bertz CT molecular complexity index is 1770. The Balaban J connectivity index is 1.37. The summed E-state index contributed by atoms with van der Waals surface area (Å²) < 4.78 is 39.2. The SMILES string of the molecule is O=C(N[C@H]1CCC[C@@H](n2c(-c3ccccc3OC(F)F)nc3cnc(-c4ncn[nH]4)cc32)C1)c1cc(Cl)ccc1OCCO. The molecule has 228 valence electrons. The maximum absolute atomic E-state index is 13.4. The van der Waals surface area contributed by atoms with Gasteiger partial charge in [-0.05, 0) is 62.1 Å². The van der Waals surface area contributed by atoms with E-state index in [2.05, 4.69) is 25.5 Å². The van der Waals surface area contributed by atoms with Gasteiger partial charge in [0.2, 0.25) is 0 Å². The molecule has 14 heteroatoms. The zero-order chi connectivity index (χ0) is 30.6. The molecule has 2 aromatic carbocycles. The second kappa shape index (κ2) is 12.9. The van der Waals surface area contributed by atoms with Gasteiger partial charge in [0, 0.05) is 17.1 Å². The Hall–Kier alpha value is -4.62. The zero-order valence-corrected chi connectivity index (χ0v) is 24.0. The number of aromatic nitrogens is 6. The van der Waals surface area contributed by atoms with E-state index in [0.29, 0.717) is 45.6 Å². The summed E-state index contributed by atoms with van der Waals surface area (Å²) in [6, 6.07) is 12.7. The van der Waals surface area contributed by atoms with Crippen molar-refractivity contribution >= 4 is 28.5 Å². The minimum absolute atomic E-state index is 0.000462. The van der Waals surface area contributed by atoms with Crippen LogP contribution in [0.1, 0.15) is 42.1 Å². The number of pyridine rings is 1. The lowest BCUT2D eigenvalue weighted by Crippen LogP contribution is -2.39. The Morgan fingerprint density at radius 2 is 2.02 bits per heavy atom. The van der Waals surface area contributed by atoms with Crippen LogP contribution in [0.25, 0.3) is 33.9 Å². The van der Waals surface area contributed by atoms with Gasteiger partial charge in [0.1, 0.15) is 41.5 Å². The van der Waals surface area contributed by atoms with Gasteiger partial charge in [-0.3, -0.25) is 14.9 Å². The third kappa shape index (κ3) is 6.19. The molecular formula is C30H28ClF2N7O4. The Labute approximate surface area is 255 Å². The van der Waals surface area contributed by atoms with Gasteiger partial charge in [0.25, 0.3) is 5.91 Å². The predicted octanol–water partition coefficient (Wildman–Crippen LogP) is 5.42. The van der Waals surface area contributed by atoms with Gasteiger partial charge in [-0.2, -0.15) is 13.9 Å². The Kier molecular flexibility index (Phi) is 8.66. The second-order valence-electron chi connectivity index (χ2n) is 10.3. The number of aliphatic hydroxyl groups is 1. The molecule has 0 spiro atoms. The second-order valence-corrected chi connectivity index (χ2v) is 10.7. The number of hydrogen-bond donors (Lipinski definition) is 3. The number of alkyl halides is 2. The number of ether oxygens (including phenoxy) is 2. The van der Waals surface area contributed by atoms with Crippen LogP contribution in [0.3, 0.4) is 0 Å². The highest BCUT2D eigenvalue weighted by Gasteiger charge is 2.30. The van der Waals surface area contributed by atoms with Crippen LogP contribution in [0.15, 0.2) is 61.1 Å². The van der Waals surface area contributed by atoms with Crippen LogP contribution in [0, 0.1) is 0 Å². The van der Waals surface area contributed by atoms with E-state index in [-0.39, 0.29) is 42.5 Å². The maximum atomic E-state index is 13.4. The first kappa shape index (κ1) is 29.5. The minimum atomic E-state index is -3.01. The number of carbonyl (C=O) groups is 1. The number of hydrogen-bond acceptors (Lipinski definition) is 8. The first-order valence-electron chi connectivity index (χ1n) is 14.0. The van der Waals surface area contributed by atoms with Gasteiger partial charge in [-0.25, -0.2) is 9.97 Å². The number of imidazole rings is 1. The maximum Gasteiger partial charge on any atom is 0.387 e. The van der Waals surface area contributed by atoms with Crippen molar-refractivity contribution in [1.29, 1.82) is 0 Å². The summed E-state index contributed by atoms with van der Waals surface area (Å²) in [6.45, 7) is -3.18. The largest absolute Gasteiger partial charge is 0.490 e. The summed E-state index contributed by atoms with van der Waals surface area (Å²) in [7, 11) is 0. The lowest BCUT2D eigenvalue weighted by molar-refractivity contribution is -0.0494. The van der Waals surface area contributed by atoms with E-state index < -0.39 is 6.61 Å². The van der Waals surface area contributed by atoms with Crippen molar-refractivity contribution in [3.8, 4) is 34.4 Å². The van der Waals surface area contributed by atoms with Gasteiger partial charge in [0.15, 0.2) is 5.82 Å². The molecule has 3 heterocycles. The number of aromatic amines is 1. The van der Waals surface area contributed by atoms with E-state index in [9.17, 15) is 18.7 Å². The molecule has 1 saturated carbocycles. The number of fused-ring (bicyclic) bond motifs is 1. The monoisotopic (exact) mass is 623 g/mol. The number of benzene rings is 2. The van der Waals surface area contributed by atoms with E-state index >= 15 is 0 Å². The topological polar surface area (TPSA) is 140 Å². The lowest BCUT2D eigenvalue weighted by atomic mass is 9.90. The molecule has 0 saturated heterocycles. The number of nitrogens with zero attached hydrogens (tertiary/aromatic N) is 5. The average Bonchev–Trinajstić information content (AvgIpc) is 3.69. The fraction of sp³-hybridized carbons (Fsp3) is 0.300. The highest BCUT2D eigenvalue weighted by Crippen LogP contribution is 2.40. The van der Waals surface area contributed by atoms with E-state index in [1.54, 1.807) is 36.5 Å². The third-order valence-electron chi connectivity index (χ3n) is 7.46. The summed E-state index contributed by atoms with van der Waals surface area (Å²) in [4.78, 5) is 26.9. The first-order chi connectivity index (χ1) is 21.4. The molecule has 0 bridgehead atoms. The van der Waals surface area contributed by atoms with Crippen molar-refractivity contribution in [3.63, 3.8) is 0 Å². The number of nitrogens with one attached hydrogen (secondary N) is 2. The van der Waals surface area contributed by atoms with Crippen molar-refractivity contribution in [2.24, 2.45) is 0 Å². The van der Waals surface area contributed by atoms with Crippen molar-refractivity contribution in [2.45, 2.75) is 44.4 Å². The van der Waals surface area contributed by atoms with E-state index in [1.807, 2.05) is 10.6 Å². The molecule has 1 amide bonds. The number of rotatable bonds is 10. The fourth-order valence-corrected chi connectivity index (χ4v) is 5.79. The Morgan fingerprint density at radius 3 is 2.82 bits per heavy atom. The summed E-state index contributed by atoms with van der Waals surface area (Å²) in [5.41, 5.74) is 2.49. The molecule has 11 nitrogen and oxygen atoms in total. The van der Waals surface area contributed by atoms with Crippen molar-refractivity contribution < 1.29 is 28.2 Å². The highest BCUT2D eigenvalue weighted by molar-refractivity contribution is 6.31. The molecule has 3 N–H and O–H groups in total. The van der Waals surface area contributed by atoms with Crippen LogP contribution in [0.5, 0.6) is 11.5 Å². The molecule has 1 fully saturated rings. The number of H-pyrrole nitrogens is 1. The molecule has 2 atom stereocenters. The molecular weight excluding hydrogens is 596 g/mol. The number of carbonyl (C=O) groups excluding carboxylic acids is 1. The van der Waals surface area contributed by atoms with Crippen LogP contribution < -0.4 is 14.8 Å². The summed E-state index contributed by atoms with van der Waals surface area (Å²) in [5.74, 6) is 0.879. The van der Waals surface area contributed by atoms with Gasteiger partial charge in [0.05, 0.1) is 29.4 Å². The number of amides is 1. The molecule has 6 rings (SSSR count). The van der Waals surface area contributed by atoms with Gasteiger partial charge in [-0.15, -0.1) is 0 Å². The first-order valence-corrected chi connectivity index (χ1v) is 14.4. The predicted molar refractivity (Wildman–Crippen MR) is 158 cm³/mol. The highest BCUT2D eigenvalue weighted by atomic mass is 35.5. The molecule has 1 aliphatic carbocycles. The van der Waals surface area contributed by atoms with Crippen molar-refractivity contribution in [2.75, 3.05) is 13.2 Å². The fourth-order valence-electron chi connectivity index (χ4n) is 5.62. The lowest BCUT2D eigenvalue weighted by Gasteiger charge is -2.32. The van der Waals surface area contributed by atoms with E-state index in [4.69, 9.17) is 26.1 Å². The number of para-hydroxylation sites is 1. The molecule has 5 aromatic rings. The Morgan fingerprint density at radius 1 is 1.16 bits per heavy atom. The minimum Gasteiger partial charge on any atom is -0.490 e. The van der Waals surface area contributed by atoms with Crippen molar-refractivity contribution in [1.82, 2.24) is 35.0 Å². The quantitative estimate of drug-likeness (QED) is 0.187. The summed E-state index contributed by atoms with van der Waals surface area (Å²) in [6.07, 6.45) is 5.80. The van der Waals surface area contributed by atoms with Gasteiger partial charge < -0.3 is 24.5 Å². The van der Waals surface area contributed by atoms with E-state index in [0.717, 1.165) is 24.8 Å². The van der Waals surface area contributed by atoms with Crippen LogP contribution in [-0.4, -0.2) is 66.6 Å². The van der Waals surface area contributed by atoms with Crippen LogP contribution >= 0.6 is 11.6 Å². The molecule has 1 aliphatic rings. The van der Waals surface area contributed by atoms with Crippen LogP contribution in [0.4, 0.5) is 8.78 Å².